The minimum absolute atomic E-state index is 0.306. The molecule has 0 aromatic rings. The number of alkyl halides is 1. The van der Waals surface area contributed by atoms with Crippen LogP contribution in [0.5, 0.6) is 0 Å². The van der Waals surface area contributed by atoms with Crippen LogP contribution in [-0.4, -0.2) is 59.5 Å². The van der Waals surface area contributed by atoms with Gasteiger partial charge in [-0.15, -0.1) is 0 Å². The average molecular weight is 388 g/mol. The highest BCUT2D eigenvalue weighted by molar-refractivity contribution is 14.1. The minimum atomic E-state index is -2.94. The van der Waals surface area contributed by atoms with Gasteiger partial charge in [0.1, 0.15) is 5.72 Å². The quantitative estimate of drug-likeness (QED) is 0.315. The van der Waals surface area contributed by atoms with Gasteiger partial charge in [0, 0.05) is 19.3 Å². The van der Waals surface area contributed by atoms with Crippen LogP contribution in [0.4, 0.5) is 0 Å². The van der Waals surface area contributed by atoms with Crippen LogP contribution in [-0.2, 0) is 9.16 Å². The van der Waals surface area contributed by atoms with Crippen LogP contribution < -0.4 is 5.73 Å². The third-order valence-electron chi connectivity index (χ3n) is 2.90. The number of morpholine rings is 1. The summed E-state index contributed by atoms with van der Waals surface area (Å²) >= 11 is 2.26. The van der Waals surface area contributed by atoms with E-state index < -0.39 is 14.3 Å². The van der Waals surface area contributed by atoms with E-state index in [4.69, 9.17) is 14.9 Å². The van der Waals surface area contributed by atoms with Crippen molar-refractivity contribution in [3.63, 3.8) is 0 Å². The van der Waals surface area contributed by atoms with Gasteiger partial charge in [-0.1, -0.05) is 22.6 Å². The molecule has 1 unspecified atom stereocenters. The molecule has 0 aromatic carbocycles. The van der Waals surface area contributed by atoms with Gasteiger partial charge in [-0.2, -0.15) is 0 Å². The zero-order valence-corrected chi connectivity index (χ0v) is 14.9. The van der Waals surface area contributed by atoms with E-state index in [0.717, 1.165) is 26.3 Å². The van der Waals surface area contributed by atoms with Crippen molar-refractivity contribution in [1.29, 1.82) is 0 Å². The van der Waals surface area contributed by atoms with E-state index in [1.165, 1.54) is 0 Å². The fourth-order valence-electron chi connectivity index (χ4n) is 1.84. The number of halogens is 1. The van der Waals surface area contributed by atoms with E-state index in [-0.39, 0.29) is 3.04 Å². The highest BCUT2D eigenvalue weighted by Crippen LogP contribution is 2.31. The summed E-state index contributed by atoms with van der Waals surface area (Å²) in [7, 11) is -2.94. The fraction of sp³-hybridized carbons (Fsp3) is 1.00. The summed E-state index contributed by atoms with van der Waals surface area (Å²) < 4.78 is 10.9. The molecule has 3 N–H and O–H groups in total. The van der Waals surface area contributed by atoms with Crippen molar-refractivity contribution < 1.29 is 14.0 Å². The highest BCUT2D eigenvalue weighted by Gasteiger charge is 2.51. The molecule has 18 heavy (non-hydrogen) atoms. The Morgan fingerprint density at radius 3 is 2.22 bits per heavy atom. The Morgan fingerprint density at radius 2 is 1.83 bits per heavy atom. The van der Waals surface area contributed by atoms with Gasteiger partial charge in [-0.05, 0) is 27.7 Å². The molecule has 1 heterocycles. The Labute approximate surface area is 124 Å². The molecule has 0 amide bonds. The van der Waals surface area contributed by atoms with E-state index >= 15 is 0 Å². The summed E-state index contributed by atoms with van der Waals surface area (Å²) in [6, 6.07) is 0. The van der Waals surface area contributed by atoms with Crippen LogP contribution in [0.3, 0.4) is 0 Å². The number of ether oxygens (including phenoxy) is 1. The number of rotatable bonds is 5. The van der Waals surface area contributed by atoms with Gasteiger partial charge in [-0.3, -0.25) is 4.90 Å². The summed E-state index contributed by atoms with van der Waals surface area (Å²) in [5, 5.41) is 0. The summed E-state index contributed by atoms with van der Waals surface area (Å²) in [4.78, 5) is 13.2. The van der Waals surface area contributed by atoms with Gasteiger partial charge in [0.15, 0.2) is 0 Å². The molecule has 0 aliphatic carbocycles. The lowest BCUT2D eigenvalue weighted by molar-refractivity contribution is 0.0257. The first-order chi connectivity index (χ1) is 8.04. The number of hydrogen-bond donors (Lipinski definition) is 2. The van der Waals surface area contributed by atoms with E-state index in [1.807, 2.05) is 13.8 Å². The second kappa shape index (κ2) is 6.02. The Bertz CT molecular complexity index is 274. The largest absolute Gasteiger partial charge is 0.409 e. The molecule has 0 saturated carbocycles. The fourth-order valence-corrected chi connectivity index (χ4v) is 5.16. The molecule has 1 atom stereocenters. The molecule has 1 rings (SSSR count). The van der Waals surface area contributed by atoms with Gasteiger partial charge in [-0.25, -0.2) is 0 Å². The monoisotopic (exact) mass is 388 g/mol. The molecule has 0 spiro atoms. The summed E-state index contributed by atoms with van der Waals surface area (Å²) in [6.07, 6.45) is 0.576. The van der Waals surface area contributed by atoms with Crippen LogP contribution in [0.25, 0.3) is 0 Å². The summed E-state index contributed by atoms with van der Waals surface area (Å²) in [5.41, 5.74) is 5.12. The predicted molar refractivity (Wildman–Crippen MR) is 82.7 cm³/mol. The Hall–Kier alpha value is 0.747. The third kappa shape index (κ3) is 5.03. The second-order valence-electron chi connectivity index (χ2n) is 5.85. The molecule has 1 fully saturated rings. The van der Waals surface area contributed by atoms with Crippen molar-refractivity contribution in [3.8, 4) is 0 Å². The van der Waals surface area contributed by atoms with Crippen molar-refractivity contribution in [1.82, 2.24) is 4.90 Å². The minimum Gasteiger partial charge on any atom is -0.409 e. The third-order valence-corrected chi connectivity index (χ3v) is 9.03. The average Bonchev–Trinajstić information content (AvgIpc) is 2.14. The maximum atomic E-state index is 11.0. The molecule has 1 aliphatic heterocycles. The molecular formula is C11H25IN2O3Si. The van der Waals surface area contributed by atoms with Crippen LogP contribution in [0.2, 0.25) is 0 Å². The molecule has 1 saturated heterocycles. The van der Waals surface area contributed by atoms with E-state index in [2.05, 4.69) is 27.5 Å². The zero-order chi connectivity index (χ0) is 14.0. The van der Waals surface area contributed by atoms with Crippen molar-refractivity contribution >= 4 is 31.2 Å². The molecule has 1 aliphatic rings. The maximum Gasteiger partial charge on any atom is 0.367 e. The summed E-state index contributed by atoms with van der Waals surface area (Å²) in [5.74, 6) is 0. The lowest BCUT2D eigenvalue weighted by atomic mass is 10.4. The highest BCUT2D eigenvalue weighted by atomic mass is 127. The standard InChI is InChI=1S/C11H25IN2O3Si/c1-10(2,12)18(15,17-11(3,4)13)9-14-5-7-16-8-6-14/h15H,5-9,13H2,1-4H3. The van der Waals surface area contributed by atoms with Crippen molar-refractivity contribution in [2.45, 2.75) is 36.5 Å². The second-order valence-corrected chi connectivity index (χ2v) is 12.9. The lowest BCUT2D eigenvalue weighted by Gasteiger charge is -2.43. The van der Waals surface area contributed by atoms with Crippen molar-refractivity contribution in [2.24, 2.45) is 5.73 Å². The smallest absolute Gasteiger partial charge is 0.367 e. The van der Waals surface area contributed by atoms with E-state index in [0.29, 0.717) is 6.17 Å². The number of nitrogens with two attached hydrogens (primary N) is 1. The first-order valence-electron chi connectivity index (χ1n) is 6.24. The van der Waals surface area contributed by atoms with Gasteiger partial charge in [0.25, 0.3) is 0 Å². The van der Waals surface area contributed by atoms with Crippen LogP contribution in [0, 0.1) is 0 Å². The molecule has 7 heteroatoms. The zero-order valence-electron chi connectivity index (χ0n) is 11.7. The normalized spacial score (nSPS) is 22.8. The topological polar surface area (TPSA) is 68.0 Å². The van der Waals surface area contributed by atoms with Gasteiger partial charge in [0.2, 0.25) is 0 Å². The molecule has 5 nitrogen and oxygen atoms in total. The Morgan fingerprint density at radius 1 is 1.33 bits per heavy atom. The van der Waals surface area contributed by atoms with Gasteiger partial charge >= 0.3 is 8.56 Å². The Kier molecular flexibility index (Phi) is 5.62. The van der Waals surface area contributed by atoms with Crippen LogP contribution in [0.1, 0.15) is 27.7 Å². The molecule has 108 valence electrons. The predicted octanol–water partition coefficient (Wildman–Crippen LogP) is 0.756. The Balaban J connectivity index is 2.77. The summed E-state index contributed by atoms with van der Waals surface area (Å²) in [6.45, 7) is 10.7. The van der Waals surface area contributed by atoms with Crippen molar-refractivity contribution in [2.75, 3.05) is 32.5 Å². The number of nitrogens with zero attached hydrogens (tertiary/aromatic N) is 1. The maximum absolute atomic E-state index is 11.0. The first kappa shape index (κ1) is 16.8. The van der Waals surface area contributed by atoms with E-state index in [9.17, 15) is 4.80 Å². The van der Waals surface area contributed by atoms with Gasteiger partial charge in [0.05, 0.1) is 16.3 Å². The molecule has 0 bridgehead atoms. The van der Waals surface area contributed by atoms with Crippen LogP contribution >= 0.6 is 22.6 Å². The molecule has 0 aromatic heterocycles. The van der Waals surface area contributed by atoms with Crippen molar-refractivity contribution in [3.05, 3.63) is 0 Å². The number of hydrogen-bond acceptors (Lipinski definition) is 5. The SMILES string of the molecule is CC(C)(N)O[Si](O)(CN1CCOCC1)C(C)(C)I. The molecular weight excluding hydrogens is 363 g/mol. The lowest BCUT2D eigenvalue weighted by Crippen LogP contribution is -2.66. The first-order valence-corrected chi connectivity index (χ1v) is 9.38. The van der Waals surface area contributed by atoms with Crippen LogP contribution in [0.15, 0.2) is 0 Å². The molecule has 0 radical (unpaired) electrons. The van der Waals surface area contributed by atoms with E-state index in [1.54, 1.807) is 13.8 Å². The van der Waals surface area contributed by atoms with Gasteiger partial charge < -0.3 is 19.7 Å².